The van der Waals surface area contributed by atoms with Crippen LogP contribution in [0.5, 0.6) is 0 Å². The second-order valence-corrected chi connectivity index (χ2v) is 6.99. The Kier molecular flexibility index (Phi) is 5.35. The van der Waals surface area contributed by atoms with Crippen LogP contribution in [0, 0.1) is 0 Å². The Balaban J connectivity index is 2.86. The average Bonchev–Trinajstić information content (AvgIpc) is 2.66. The van der Waals surface area contributed by atoms with Gasteiger partial charge in [0.2, 0.25) is 0 Å². The Hall–Kier alpha value is -0.190. The van der Waals surface area contributed by atoms with Crippen LogP contribution in [0.15, 0.2) is 15.9 Å². The number of nitrogens with zero attached hydrogens (tertiary/aromatic N) is 1. The Morgan fingerprint density at radius 3 is 2.29 bits per heavy atom. The number of Topliss-reactive ketones (excluding diaryl/α,β-unsaturated/α-hetero) is 1. The normalized spacial score (nSPS) is 12.1. The number of hydrogen-bond donors (Lipinski definition) is 0. The molecule has 1 rings (SSSR count). The highest BCUT2D eigenvalue weighted by Crippen LogP contribution is 2.28. The molecule has 0 saturated carbocycles. The van der Waals surface area contributed by atoms with Gasteiger partial charge in [0.25, 0.3) is 0 Å². The molecule has 96 valence electrons. The predicted octanol–water partition coefficient (Wildman–Crippen LogP) is 3.74. The zero-order valence-corrected chi connectivity index (χ0v) is 13.3. The smallest absolute Gasteiger partial charge is 0.158 e. The fraction of sp³-hybridized carbons (Fsp3) is 0.615. The van der Waals surface area contributed by atoms with Crippen LogP contribution in [0.4, 0.5) is 0 Å². The molecule has 0 unspecified atom stereocenters. The topological polar surface area (TPSA) is 20.3 Å². The van der Waals surface area contributed by atoms with Crippen molar-refractivity contribution in [3.63, 3.8) is 0 Å². The lowest BCUT2D eigenvalue weighted by molar-refractivity contribution is -0.129. The zero-order valence-electron chi connectivity index (χ0n) is 10.9. The molecule has 4 heteroatoms. The van der Waals surface area contributed by atoms with Crippen LogP contribution < -0.4 is 0 Å². The van der Waals surface area contributed by atoms with E-state index in [2.05, 4.69) is 34.7 Å². The molecule has 1 aromatic heterocycles. The zero-order chi connectivity index (χ0) is 13.1. The summed E-state index contributed by atoms with van der Waals surface area (Å²) in [4.78, 5) is 15.7. The quantitative estimate of drug-likeness (QED) is 0.796. The van der Waals surface area contributed by atoms with Crippen molar-refractivity contribution in [2.24, 2.45) is 0 Å². The Morgan fingerprint density at radius 1 is 1.35 bits per heavy atom. The van der Waals surface area contributed by atoms with Crippen molar-refractivity contribution in [2.45, 2.75) is 38.6 Å². The highest BCUT2D eigenvalue weighted by Gasteiger charge is 2.36. The van der Waals surface area contributed by atoms with E-state index in [0.29, 0.717) is 12.2 Å². The number of halogens is 1. The first kappa shape index (κ1) is 14.9. The van der Waals surface area contributed by atoms with Gasteiger partial charge in [-0.1, -0.05) is 13.8 Å². The van der Waals surface area contributed by atoms with Gasteiger partial charge >= 0.3 is 0 Å². The van der Waals surface area contributed by atoms with Crippen molar-refractivity contribution >= 4 is 33.0 Å². The molecule has 1 aromatic rings. The fourth-order valence-electron chi connectivity index (χ4n) is 2.30. The largest absolute Gasteiger partial charge is 0.297 e. The third-order valence-electron chi connectivity index (χ3n) is 3.51. The first-order chi connectivity index (χ1) is 7.96. The summed E-state index contributed by atoms with van der Waals surface area (Å²) < 4.78 is 1.09. The van der Waals surface area contributed by atoms with Gasteiger partial charge in [-0.15, -0.1) is 11.3 Å². The molecule has 0 N–H and O–H groups in total. The third-order valence-corrected chi connectivity index (χ3v) is 5.13. The van der Waals surface area contributed by atoms with Gasteiger partial charge < -0.3 is 0 Å². The first-order valence-corrected chi connectivity index (χ1v) is 7.52. The Bertz CT molecular complexity index is 383. The minimum atomic E-state index is -0.309. The number of carbonyl (C=O) groups is 1. The van der Waals surface area contributed by atoms with Crippen LogP contribution in [-0.4, -0.2) is 30.3 Å². The van der Waals surface area contributed by atoms with Crippen molar-refractivity contribution in [2.75, 3.05) is 14.1 Å². The molecule has 0 saturated heterocycles. The highest BCUT2D eigenvalue weighted by atomic mass is 79.9. The summed E-state index contributed by atoms with van der Waals surface area (Å²) in [5.74, 6) is 0.321. The number of hydrogen-bond acceptors (Lipinski definition) is 3. The number of rotatable bonds is 6. The molecular formula is C13H20BrNOS. The lowest BCUT2D eigenvalue weighted by atomic mass is 9.85. The monoisotopic (exact) mass is 317 g/mol. The van der Waals surface area contributed by atoms with E-state index in [1.165, 1.54) is 0 Å². The predicted molar refractivity (Wildman–Crippen MR) is 77.7 cm³/mol. The lowest BCUT2D eigenvalue weighted by Crippen LogP contribution is -2.50. The van der Waals surface area contributed by atoms with Gasteiger partial charge in [-0.3, -0.25) is 9.69 Å². The fourth-order valence-corrected chi connectivity index (χ4v) is 3.78. The van der Waals surface area contributed by atoms with Crippen molar-refractivity contribution in [1.82, 2.24) is 4.90 Å². The first-order valence-electron chi connectivity index (χ1n) is 5.91. The maximum Gasteiger partial charge on any atom is 0.158 e. The lowest BCUT2D eigenvalue weighted by Gasteiger charge is -2.37. The second kappa shape index (κ2) is 6.12. The average molecular weight is 318 g/mol. The molecule has 0 bridgehead atoms. The van der Waals surface area contributed by atoms with Crippen LogP contribution in [0.25, 0.3) is 0 Å². The van der Waals surface area contributed by atoms with Gasteiger partial charge in [-0.05, 0) is 55.0 Å². The van der Waals surface area contributed by atoms with Crippen molar-refractivity contribution in [1.29, 1.82) is 0 Å². The minimum absolute atomic E-state index is 0.309. The van der Waals surface area contributed by atoms with Gasteiger partial charge in [0.15, 0.2) is 5.78 Å². The van der Waals surface area contributed by atoms with Gasteiger partial charge in [-0.25, -0.2) is 0 Å². The van der Waals surface area contributed by atoms with Crippen molar-refractivity contribution in [3.05, 3.63) is 20.8 Å². The molecule has 0 aliphatic heterocycles. The molecule has 0 aliphatic carbocycles. The number of likely N-dealkylation sites (N-methyl/N-ethyl adjacent to an activating group) is 1. The molecule has 0 amide bonds. The number of carbonyl (C=O) groups excluding carboxylic acids is 1. The van der Waals surface area contributed by atoms with Gasteiger partial charge in [0.1, 0.15) is 0 Å². The molecule has 0 aliphatic rings. The van der Waals surface area contributed by atoms with E-state index < -0.39 is 0 Å². The van der Waals surface area contributed by atoms with E-state index in [9.17, 15) is 4.79 Å². The Labute approximate surface area is 116 Å². The SMILES string of the molecule is CCC(CC)(C(=O)Cc1ccc(Br)s1)N(C)C. The number of thiophene rings is 1. The van der Waals surface area contributed by atoms with E-state index in [0.717, 1.165) is 21.5 Å². The van der Waals surface area contributed by atoms with Gasteiger partial charge in [-0.2, -0.15) is 0 Å². The van der Waals surface area contributed by atoms with Crippen molar-refractivity contribution < 1.29 is 4.79 Å². The molecule has 0 fully saturated rings. The Morgan fingerprint density at radius 2 is 1.94 bits per heavy atom. The third kappa shape index (κ3) is 3.18. The maximum atomic E-state index is 12.5. The molecule has 0 aromatic carbocycles. The second-order valence-electron chi connectivity index (χ2n) is 4.44. The van der Waals surface area contributed by atoms with E-state index in [-0.39, 0.29) is 5.54 Å². The minimum Gasteiger partial charge on any atom is -0.297 e. The number of ketones is 1. The standard InChI is InChI=1S/C13H20BrNOS/c1-5-13(6-2,15(3)4)11(16)9-10-7-8-12(14)17-10/h7-8H,5-6,9H2,1-4H3. The van der Waals surface area contributed by atoms with Crippen LogP contribution in [0.3, 0.4) is 0 Å². The summed E-state index contributed by atoms with van der Waals surface area (Å²) in [7, 11) is 3.99. The summed E-state index contributed by atoms with van der Waals surface area (Å²) in [5, 5.41) is 0. The van der Waals surface area contributed by atoms with Crippen molar-refractivity contribution in [3.8, 4) is 0 Å². The van der Waals surface area contributed by atoms with Gasteiger partial charge in [0.05, 0.1) is 9.33 Å². The summed E-state index contributed by atoms with van der Waals surface area (Å²) in [6, 6.07) is 4.03. The summed E-state index contributed by atoms with van der Waals surface area (Å²) in [6.07, 6.45) is 2.26. The molecule has 2 nitrogen and oxygen atoms in total. The van der Waals surface area contributed by atoms with Gasteiger partial charge in [0, 0.05) is 11.3 Å². The molecule has 1 heterocycles. The van der Waals surface area contributed by atoms with E-state index in [1.807, 2.05) is 26.2 Å². The highest BCUT2D eigenvalue weighted by molar-refractivity contribution is 9.11. The molecule has 0 radical (unpaired) electrons. The molecule has 17 heavy (non-hydrogen) atoms. The van der Waals surface area contributed by atoms with Crippen LogP contribution >= 0.6 is 27.3 Å². The molecule has 0 spiro atoms. The van der Waals surface area contributed by atoms with Crippen LogP contribution in [0.2, 0.25) is 0 Å². The summed E-state index contributed by atoms with van der Waals surface area (Å²) in [6.45, 7) is 4.18. The van der Waals surface area contributed by atoms with E-state index in [4.69, 9.17) is 0 Å². The van der Waals surface area contributed by atoms with Crippen LogP contribution in [0.1, 0.15) is 31.6 Å². The molecular weight excluding hydrogens is 298 g/mol. The van der Waals surface area contributed by atoms with Crippen LogP contribution in [-0.2, 0) is 11.2 Å². The van der Waals surface area contributed by atoms with E-state index >= 15 is 0 Å². The molecule has 0 atom stereocenters. The van der Waals surface area contributed by atoms with E-state index in [1.54, 1.807) is 11.3 Å². The summed E-state index contributed by atoms with van der Waals surface area (Å²) >= 11 is 5.07. The maximum absolute atomic E-state index is 12.5. The summed E-state index contributed by atoms with van der Waals surface area (Å²) in [5.41, 5.74) is -0.309.